The van der Waals surface area contributed by atoms with E-state index in [-0.39, 0.29) is 11.5 Å². The highest BCUT2D eigenvalue weighted by atomic mass is 35.5. The molecule has 8 nitrogen and oxygen atoms in total. The summed E-state index contributed by atoms with van der Waals surface area (Å²) in [5.41, 5.74) is -5.41. The number of carbonyl (C=O) groups excluding carboxylic acids is 1. The number of hydrogen-bond acceptors (Lipinski definition) is 6. The Morgan fingerprint density at radius 3 is 2.26 bits per heavy atom. The molecule has 0 saturated carbocycles. The molecule has 0 aliphatic heterocycles. The zero-order valence-corrected chi connectivity index (χ0v) is 18.2. The van der Waals surface area contributed by atoms with Crippen LogP contribution in [0.1, 0.15) is 17.7 Å². The van der Waals surface area contributed by atoms with Gasteiger partial charge in [0.1, 0.15) is 17.2 Å². The van der Waals surface area contributed by atoms with Crippen molar-refractivity contribution in [1.82, 2.24) is 9.55 Å². The second kappa shape index (κ2) is 10.2. The van der Waals surface area contributed by atoms with E-state index in [0.29, 0.717) is 22.8 Å². The van der Waals surface area contributed by atoms with Crippen molar-refractivity contribution in [3.63, 3.8) is 0 Å². The monoisotopic (exact) mass is 520 g/mol. The van der Waals surface area contributed by atoms with E-state index in [0.717, 1.165) is 7.11 Å². The van der Waals surface area contributed by atoms with Crippen LogP contribution < -0.4 is 20.7 Å². The van der Waals surface area contributed by atoms with Gasteiger partial charge in [-0.25, -0.2) is 22.9 Å². The van der Waals surface area contributed by atoms with E-state index in [1.807, 2.05) is 0 Å². The van der Waals surface area contributed by atoms with Gasteiger partial charge < -0.3 is 19.2 Å². The molecule has 1 heterocycles. The largest absolute Gasteiger partial charge is 0.482 e. The number of alkyl halides is 5. The lowest BCUT2D eigenvalue weighted by molar-refractivity contribution is -0.143. The molecule has 2 aromatic carbocycles. The summed E-state index contributed by atoms with van der Waals surface area (Å²) in [7, 11) is 1.16. The summed E-state index contributed by atoms with van der Waals surface area (Å²) in [4.78, 5) is 37.4. The van der Waals surface area contributed by atoms with Crippen molar-refractivity contribution in [2.75, 3.05) is 13.7 Å². The molecule has 1 aromatic heterocycles. The Morgan fingerprint density at radius 1 is 1.09 bits per heavy atom. The number of nitrogens with one attached hydrogen (secondary N) is 1. The maximum absolute atomic E-state index is 13.6. The molecule has 1 N–H and O–H groups in total. The number of methoxy groups -OCH3 is 1. The number of halogens is 6. The molecule has 0 unspecified atom stereocenters. The normalized spacial score (nSPS) is 11.4. The molecular formula is C21H14ClF5N2O6. The SMILES string of the molecule is COC(=O)COc1ccc(Oc2cc(-n3c(=O)cc(C(F)F)[nH]c3=O)c(Cl)cc2C(F)(F)F)cc1. The summed E-state index contributed by atoms with van der Waals surface area (Å²) in [5, 5.41) is -0.659. The van der Waals surface area contributed by atoms with Gasteiger partial charge in [0.25, 0.3) is 12.0 Å². The van der Waals surface area contributed by atoms with Crippen molar-refractivity contribution in [3.05, 3.63) is 79.6 Å². The molecule has 0 aliphatic carbocycles. The van der Waals surface area contributed by atoms with Crippen molar-refractivity contribution in [3.8, 4) is 22.9 Å². The second-order valence-corrected chi connectivity index (χ2v) is 7.15. The predicted octanol–water partition coefficient (Wildman–Crippen LogP) is 4.48. The quantitative estimate of drug-likeness (QED) is 0.364. The molecule has 0 saturated heterocycles. The summed E-state index contributed by atoms with van der Waals surface area (Å²) in [6, 6.07) is 6.63. The minimum absolute atomic E-state index is 0.108. The van der Waals surface area contributed by atoms with Gasteiger partial charge in [-0.3, -0.25) is 4.79 Å². The third-order valence-electron chi connectivity index (χ3n) is 4.42. The number of H-pyrrole nitrogens is 1. The lowest BCUT2D eigenvalue weighted by Crippen LogP contribution is -2.34. The highest BCUT2D eigenvalue weighted by Gasteiger charge is 2.36. The van der Waals surface area contributed by atoms with Crippen molar-refractivity contribution < 1.29 is 41.0 Å². The van der Waals surface area contributed by atoms with Gasteiger partial charge in [0.15, 0.2) is 6.61 Å². The number of esters is 1. The number of nitrogens with zero attached hydrogens (tertiary/aromatic N) is 1. The van der Waals surface area contributed by atoms with E-state index in [1.54, 1.807) is 4.98 Å². The molecule has 0 fully saturated rings. The van der Waals surface area contributed by atoms with Crippen LogP contribution >= 0.6 is 11.6 Å². The summed E-state index contributed by atoms with van der Waals surface area (Å²) < 4.78 is 81.7. The standard InChI is InChI=1S/C21H14ClF5N2O6/c1-33-18(31)9-34-10-2-4-11(5-3-10)35-16-8-15(13(22)6-12(16)21(25,26)27)29-17(30)7-14(19(23)24)28-20(29)32/h2-8,19H,9H2,1H3,(H,28,32). The van der Waals surface area contributed by atoms with Gasteiger partial charge in [0, 0.05) is 12.1 Å². The Hall–Kier alpha value is -3.87. The van der Waals surface area contributed by atoms with E-state index >= 15 is 0 Å². The van der Waals surface area contributed by atoms with E-state index < -0.39 is 64.1 Å². The van der Waals surface area contributed by atoms with E-state index in [9.17, 15) is 36.3 Å². The number of hydrogen-bond donors (Lipinski definition) is 1. The number of benzene rings is 2. The van der Waals surface area contributed by atoms with Gasteiger partial charge in [-0.15, -0.1) is 0 Å². The number of rotatable bonds is 7. The van der Waals surface area contributed by atoms with Gasteiger partial charge in [-0.1, -0.05) is 11.6 Å². The average molecular weight is 521 g/mol. The third-order valence-corrected chi connectivity index (χ3v) is 4.72. The van der Waals surface area contributed by atoms with Crippen LogP contribution in [0.5, 0.6) is 17.2 Å². The van der Waals surface area contributed by atoms with Gasteiger partial charge >= 0.3 is 17.8 Å². The van der Waals surface area contributed by atoms with Crippen LogP contribution in [0.2, 0.25) is 5.02 Å². The number of carbonyl (C=O) groups is 1. The summed E-state index contributed by atoms with van der Waals surface area (Å²) in [6.07, 6.45) is -8.11. The molecule has 3 aromatic rings. The first kappa shape index (κ1) is 25.7. The molecule has 0 aliphatic rings. The Morgan fingerprint density at radius 2 is 1.71 bits per heavy atom. The van der Waals surface area contributed by atoms with Crippen molar-refractivity contribution >= 4 is 17.6 Å². The lowest BCUT2D eigenvalue weighted by atomic mass is 10.1. The van der Waals surface area contributed by atoms with Crippen LogP contribution in [0.25, 0.3) is 5.69 Å². The summed E-state index contributed by atoms with van der Waals surface area (Å²) in [5.74, 6) is -1.40. The third kappa shape index (κ3) is 5.98. The average Bonchev–Trinajstić information content (AvgIpc) is 2.78. The molecule has 0 spiro atoms. The van der Waals surface area contributed by atoms with Crippen LogP contribution in [-0.2, 0) is 15.7 Å². The molecule has 0 amide bonds. The van der Waals surface area contributed by atoms with Crippen molar-refractivity contribution in [2.45, 2.75) is 12.6 Å². The molecular weight excluding hydrogens is 507 g/mol. The highest BCUT2D eigenvalue weighted by molar-refractivity contribution is 6.32. The molecule has 14 heteroatoms. The smallest absolute Gasteiger partial charge is 0.420 e. The Labute approximate surface area is 197 Å². The molecule has 0 atom stereocenters. The minimum atomic E-state index is -4.95. The van der Waals surface area contributed by atoms with Crippen LogP contribution in [0, 0.1) is 0 Å². The fourth-order valence-electron chi connectivity index (χ4n) is 2.81. The first-order valence-electron chi connectivity index (χ1n) is 9.43. The van der Waals surface area contributed by atoms with E-state index in [2.05, 4.69) is 4.74 Å². The summed E-state index contributed by atoms with van der Waals surface area (Å²) >= 11 is 5.91. The number of aromatic nitrogens is 2. The van der Waals surface area contributed by atoms with Crippen LogP contribution in [0.4, 0.5) is 22.0 Å². The second-order valence-electron chi connectivity index (χ2n) is 6.74. The molecule has 0 radical (unpaired) electrons. The Bertz CT molecular complexity index is 1320. The van der Waals surface area contributed by atoms with E-state index in [1.165, 1.54) is 24.3 Å². The molecule has 0 bridgehead atoms. The van der Waals surface area contributed by atoms with Gasteiger partial charge in [-0.05, 0) is 30.3 Å². The van der Waals surface area contributed by atoms with Gasteiger partial charge in [-0.2, -0.15) is 13.2 Å². The maximum Gasteiger partial charge on any atom is 0.420 e. The fraction of sp³-hybridized carbons (Fsp3) is 0.190. The topological polar surface area (TPSA) is 99.6 Å². The number of ether oxygens (including phenoxy) is 3. The first-order chi connectivity index (χ1) is 16.4. The minimum Gasteiger partial charge on any atom is -0.482 e. The first-order valence-corrected chi connectivity index (χ1v) is 9.81. The van der Waals surface area contributed by atoms with Crippen molar-refractivity contribution in [1.29, 1.82) is 0 Å². The van der Waals surface area contributed by atoms with Crippen LogP contribution in [0.3, 0.4) is 0 Å². The molecule has 3 rings (SSSR count). The zero-order chi connectivity index (χ0) is 25.9. The Balaban J connectivity index is 2.04. The lowest BCUT2D eigenvalue weighted by Gasteiger charge is -2.17. The predicted molar refractivity (Wildman–Crippen MR) is 112 cm³/mol. The highest BCUT2D eigenvalue weighted by Crippen LogP contribution is 2.41. The number of aromatic amines is 1. The summed E-state index contributed by atoms with van der Waals surface area (Å²) in [6.45, 7) is -0.400. The maximum atomic E-state index is 13.6. The molecule has 35 heavy (non-hydrogen) atoms. The van der Waals surface area contributed by atoms with E-state index in [4.69, 9.17) is 21.1 Å². The fourth-order valence-corrected chi connectivity index (χ4v) is 3.06. The zero-order valence-electron chi connectivity index (χ0n) is 17.5. The van der Waals surface area contributed by atoms with Crippen molar-refractivity contribution in [2.24, 2.45) is 0 Å². The van der Waals surface area contributed by atoms with Gasteiger partial charge in [0.2, 0.25) is 0 Å². The Kier molecular flexibility index (Phi) is 7.48. The molecule has 186 valence electrons. The van der Waals surface area contributed by atoms with Gasteiger partial charge in [0.05, 0.1) is 29.1 Å². The van der Waals surface area contributed by atoms with Crippen LogP contribution in [-0.4, -0.2) is 29.2 Å². The van der Waals surface area contributed by atoms with Crippen LogP contribution in [0.15, 0.2) is 52.1 Å².